The summed E-state index contributed by atoms with van der Waals surface area (Å²) in [6.45, 7) is 6.55. The molecule has 1 aliphatic carbocycles. The Balaban J connectivity index is 1.53. The Morgan fingerprint density at radius 3 is 2.46 bits per heavy atom. The maximum absolute atomic E-state index is 12.8. The molecule has 1 saturated heterocycles. The maximum atomic E-state index is 12.8. The van der Waals surface area contributed by atoms with Crippen molar-refractivity contribution < 1.29 is 22.7 Å². The number of nitrogens with one attached hydrogen (secondary N) is 1. The molecular formula is C28H31ClN4O5S. The van der Waals surface area contributed by atoms with Gasteiger partial charge in [0, 0.05) is 24.0 Å². The molecule has 2 atom stereocenters. The van der Waals surface area contributed by atoms with Gasteiger partial charge in [0.25, 0.3) is 0 Å². The number of carbonyl (C=O) groups excluding carboxylic acids is 1. The molecule has 9 nitrogen and oxygen atoms in total. The lowest BCUT2D eigenvalue weighted by Gasteiger charge is -2.39. The van der Waals surface area contributed by atoms with E-state index in [-0.39, 0.29) is 34.7 Å². The summed E-state index contributed by atoms with van der Waals surface area (Å²) in [6, 6.07) is 15.6. The lowest BCUT2D eigenvalue weighted by atomic mass is 9.81. The van der Waals surface area contributed by atoms with Gasteiger partial charge in [0.15, 0.2) is 0 Å². The van der Waals surface area contributed by atoms with Crippen LogP contribution in [0, 0.1) is 28.6 Å². The Labute approximate surface area is 234 Å². The predicted molar refractivity (Wildman–Crippen MR) is 145 cm³/mol. The molecule has 206 valence electrons. The number of likely N-dealkylation sites (tertiary alicyclic amines) is 1. The first-order valence-corrected chi connectivity index (χ1v) is 14.6. The molecule has 1 amide bonds. The molecule has 1 aliphatic heterocycles. The number of piperidine rings is 1. The van der Waals surface area contributed by atoms with Crippen molar-refractivity contribution in [2.45, 2.75) is 62.0 Å². The fourth-order valence-electron chi connectivity index (χ4n) is 4.61. The Morgan fingerprint density at radius 1 is 1.18 bits per heavy atom. The number of halogens is 1. The molecule has 11 heteroatoms. The highest BCUT2D eigenvalue weighted by atomic mass is 35.5. The van der Waals surface area contributed by atoms with Crippen LogP contribution < -0.4 is 9.46 Å². The summed E-state index contributed by atoms with van der Waals surface area (Å²) >= 11 is 6.09. The minimum Gasteiger partial charge on any atom is -0.492 e. The average Bonchev–Trinajstić information content (AvgIpc) is 3.65. The van der Waals surface area contributed by atoms with Gasteiger partial charge in [-0.25, -0.2) is 13.2 Å². The molecule has 2 aromatic carbocycles. The summed E-state index contributed by atoms with van der Waals surface area (Å²) in [4.78, 5) is 14.4. The van der Waals surface area contributed by atoms with E-state index in [1.54, 1.807) is 4.90 Å². The quantitative estimate of drug-likeness (QED) is 0.497. The van der Waals surface area contributed by atoms with E-state index in [0.717, 1.165) is 5.56 Å². The standard InChI is InChI=1S/C28H31ClN4O5S/c1-27(2,3)38-26(34)33-13-10-24(19-4-6-22(29)7-5-19)21(16-33)17-37-25-9-8-23(14-20(25)15-30)39(35,36)32-28(18-31)11-12-28/h4-9,14,21,24,32H,10-13,16-17H2,1-3H3/t21-,24-/m0/s1. The smallest absolute Gasteiger partial charge is 0.410 e. The lowest BCUT2D eigenvalue weighted by molar-refractivity contribution is 0.0111. The van der Waals surface area contributed by atoms with Gasteiger partial charge < -0.3 is 14.4 Å². The van der Waals surface area contributed by atoms with E-state index in [0.29, 0.717) is 37.4 Å². The fourth-order valence-corrected chi connectivity index (χ4v) is 6.13. The molecule has 0 unspecified atom stereocenters. The van der Waals surface area contributed by atoms with Crippen molar-refractivity contribution in [1.82, 2.24) is 9.62 Å². The Hall–Kier alpha value is -3.31. The lowest BCUT2D eigenvalue weighted by Crippen LogP contribution is -2.46. The molecule has 4 rings (SSSR count). The van der Waals surface area contributed by atoms with E-state index in [2.05, 4.69) is 4.72 Å². The van der Waals surface area contributed by atoms with E-state index < -0.39 is 27.3 Å². The minimum absolute atomic E-state index is 0.0579. The minimum atomic E-state index is -3.98. The number of amides is 1. The highest BCUT2D eigenvalue weighted by Gasteiger charge is 2.47. The monoisotopic (exact) mass is 570 g/mol. The second kappa shape index (κ2) is 11.1. The molecule has 2 aromatic rings. The first-order valence-electron chi connectivity index (χ1n) is 12.7. The summed E-state index contributed by atoms with van der Waals surface area (Å²) in [5.41, 5.74) is -0.571. The molecule has 39 heavy (non-hydrogen) atoms. The fraction of sp³-hybridized carbons (Fsp3) is 0.464. The zero-order valence-corrected chi connectivity index (χ0v) is 23.7. The van der Waals surface area contributed by atoms with Crippen LogP contribution in [-0.4, -0.2) is 50.2 Å². The van der Waals surface area contributed by atoms with Gasteiger partial charge in [-0.1, -0.05) is 23.7 Å². The first kappa shape index (κ1) is 28.7. The van der Waals surface area contributed by atoms with Crippen molar-refractivity contribution in [2.75, 3.05) is 19.7 Å². The molecule has 0 radical (unpaired) electrons. The number of rotatable bonds is 7. The van der Waals surface area contributed by atoms with E-state index >= 15 is 0 Å². The number of ether oxygens (including phenoxy) is 2. The molecular weight excluding hydrogens is 540 g/mol. The van der Waals surface area contributed by atoms with Crippen molar-refractivity contribution in [3.63, 3.8) is 0 Å². The highest BCUT2D eigenvalue weighted by Crippen LogP contribution is 2.37. The number of hydrogen-bond donors (Lipinski definition) is 1. The molecule has 2 aliphatic rings. The third-order valence-electron chi connectivity index (χ3n) is 6.81. The zero-order valence-electron chi connectivity index (χ0n) is 22.1. The maximum Gasteiger partial charge on any atom is 0.410 e. The highest BCUT2D eigenvalue weighted by molar-refractivity contribution is 7.89. The number of sulfonamides is 1. The molecule has 0 bridgehead atoms. The molecule has 1 saturated carbocycles. The third kappa shape index (κ3) is 7.02. The van der Waals surface area contributed by atoms with Crippen LogP contribution in [0.1, 0.15) is 57.1 Å². The normalized spacial score (nSPS) is 20.4. The van der Waals surface area contributed by atoms with Crippen LogP contribution in [0.4, 0.5) is 4.79 Å². The SMILES string of the molecule is CC(C)(C)OC(=O)N1CC[C@@H](c2ccc(Cl)cc2)[C@H](COc2ccc(S(=O)(=O)NC3(C#N)CC3)cc2C#N)C1. The summed E-state index contributed by atoms with van der Waals surface area (Å²) in [6.07, 6.45) is 1.19. The van der Waals surface area contributed by atoms with Crippen LogP contribution in [0.5, 0.6) is 5.75 Å². The number of nitriles is 2. The summed E-state index contributed by atoms with van der Waals surface area (Å²) in [5.74, 6) is 0.174. The van der Waals surface area contributed by atoms with Crippen molar-refractivity contribution in [3.8, 4) is 17.9 Å². The van der Waals surface area contributed by atoms with Crippen molar-refractivity contribution in [1.29, 1.82) is 10.5 Å². The number of hydrogen-bond acceptors (Lipinski definition) is 7. The second-order valence-electron chi connectivity index (χ2n) is 11.0. The Kier molecular flexibility index (Phi) is 8.13. The van der Waals surface area contributed by atoms with Crippen LogP contribution in [0.15, 0.2) is 47.4 Å². The Bertz CT molecular complexity index is 1420. The number of carbonyl (C=O) groups is 1. The molecule has 0 aromatic heterocycles. The summed E-state index contributed by atoms with van der Waals surface area (Å²) < 4.78 is 39.6. The number of benzene rings is 2. The van der Waals surface area contributed by atoms with Crippen LogP contribution >= 0.6 is 11.6 Å². The van der Waals surface area contributed by atoms with Gasteiger partial charge in [0.2, 0.25) is 10.0 Å². The van der Waals surface area contributed by atoms with Gasteiger partial charge in [-0.3, -0.25) is 0 Å². The van der Waals surface area contributed by atoms with Crippen LogP contribution in [-0.2, 0) is 14.8 Å². The molecule has 1 N–H and O–H groups in total. The predicted octanol–water partition coefficient (Wildman–Crippen LogP) is 4.97. The topological polar surface area (TPSA) is 133 Å². The average molecular weight is 571 g/mol. The first-order chi connectivity index (χ1) is 18.3. The van der Waals surface area contributed by atoms with Gasteiger partial charge in [0.1, 0.15) is 23.0 Å². The van der Waals surface area contributed by atoms with Gasteiger partial charge in [-0.15, -0.1) is 0 Å². The second-order valence-corrected chi connectivity index (χ2v) is 13.1. The number of nitrogens with zero attached hydrogens (tertiary/aromatic N) is 3. The van der Waals surface area contributed by atoms with E-state index in [1.165, 1.54) is 18.2 Å². The van der Waals surface area contributed by atoms with E-state index in [1.807, 2.05) is 57.2 Å². The van der Waals surface area contributed by atoms with Gasteiger partial charge in [-0.05, 0) is 81.8 Å². The van der Waals surface area contributed by atoms with Crippen molar-refractivity contribution in [3.05, 3.63) is 58.6 Å². The van der Waals surface area contributed by atoms with Crippen LogP contribution in [0.3, 0.4) is 0 Å². The van der Waals surface area contributed by atoms with E-state index in [9.17, 15) is 23.7 Å². The molecule has 0 spiro atoms. The molecule has 1 heterocycles. The van der Waals surface area contributed by atoms with Gasteiger partial charge >= 0.3 is 6.09 Å². The third-order valence-corrected chi connectivity index (χ3v) is 8.60. The van der Waals surface area contributed by atoms with Crippen molar-refractivity contribution >= 4 is 27.7 Å². The summed E-state index contributed by atoms with van der Waals surface area (Å²) in [7, 11) is -3.98. The van der Waals surface area contributed by atoms with E-state index in [4.69, 9.17) is 21.1 Å². The van der Waals surface area contributed by atoms with Gasteiger partial charge in [0.05, 0.1) is 23.1 Å². The van der Waals surface area contributed by atoms with Crippen molar-refractivity contribution in [2.24, 2.45) is 5.92 Å². The van der Waals surface area contributed by atoms with Gasteiger partial charge in [-0.2, -0.15) is 15.2 Å². The largest absolute Gasteiger partial charge is 0.492 e. The summed E-state index contributed by atoms with van der Waals surface area (Å²) in [5, 5.41) is 19.6. The zero-order chi connectivity index (χ0) is 28.4. The Morgan fingerprint density at radius 2 is 1.87 bits per heavy atom. The van der Waals surface area contributed by atoms with Crippen LogP contribution in [0.2, 0.25) is 5.02 Å². The van der Waals surface area contributed by atoms with Crippen LogP contribution in [0.25, 0.3) is 0 Å². The molecule has 2 fully saturated rings.